The van der Waals surface area contributed by atoms with E-state index in [1.807, 2.05) is 0 Å². The maximum absolute atomic E-state index is 12.8. The van der Waals surface area contributed by atoms with Gasteiger partial charge in [-0.3, -0.25) is 0 Å². The van der Waals surface area contributed by atoms with Gasteiger partial charge >= 0.3 is 12.4 Å². The monoisotopic (exact) mass is 546 g/mol. The number of rotatable bonds is 10. The van der Waals surface area contributed by atoms with Gasteiger partial charge in [-0.25, -0.2) is 0 Å². The lowest BCUT2D eigenvalue weighted by atomic mass is 10.1. The van der Waals surface area contributed by atoms with E-state index >= 15 is 0 Å². The molecule has 2 aromatic carbocycles. The van der Waals surface area contributed by atoms with Crippen LogP contribution in [0.25, 0.3) is 0 Å². The average Bonchev–Trinajstić information content (AvgIpc) is 2.84. The predicted molar refractivity (Wildman–Crippen MR) is 125 cm³/mol. The van der Waals surface area contributed by atoms with Gasteiger partial charge in [0.1, 0.15) is 11.5 Å². The number of halogens is 6. The Balaban J connectivity index is 0.000000382. The van der Waals surface area contributed by atoms with Crippen LogP contribution in [0.1, 0.15) is 61.8 Å². The van der Waals surface area contributed by atoms with Crippen molar-refractivity contribution in [1.82, 2.24) is 0 Å². The second-order valence-electron chi connectivity index (χ2n) is 8.27. The second kappa shape index (κ2) is 15.1. The molecular weight excluding hydrogens is 518 g/mol. The Hall–Kier alpha value is -3.48. The van der Waals surface area contributed by atoms with Crippen molar-refractivity contribution < 1.29 is 46.0 Å². The van der Waals surface area contributed by atoms with Gasteiger partial charge in [-0.05, 0) is 75.9 Å². The molecule has 2 aromatic rings. The van der Waals surface area contributed by atoms with Crippen LogP contribution in [0.5, 0.6) is 11.5 Å². The molecule has 0 bridgehead atoms. The topological polar surface area (TPSA) is 106 Å². The lowest BCUT2D eigenvalue weighted by Crippen LogP contribution is -2.15. The molecule has 0 saturated heterocycles. The minimum atomic E-state index is -4.59. The van der Waals surface area contributed by atoms with Crippen molar-refractivity contribution in [2.45, 2.75) is 64.1 Å². The van der Waals surface area contributed by atoms with E-state index in [1.54, 1.807) is 13.8 Å². The van der Waals surface area contributed by atoms with Gasteiger partial charge in [-0.15, -0.1) is 0 Å². The molecule has 0 radical (unpaired) electrons. The zero-order valence-corrected chi connectivity index (χ0v) is 20.7. The Labute approximate surface area is 216 Å². The summed E-state index contributed by atoms with van der Waals surface area (Å²) in [6, 6.07) is 9.51. The fourth-order valence-corrected chi connectivity index (χ4v) is 3.04. The number of alkyl halides is 6. The normalized spacial score (nSPS) is 12.8. The molecule has 0 aliphatic carbocycles. The molecule has 208 valence electrons. The van der Waals surface area contributed by atoms with E-state index < -0.39 is 40.7 Å². The summed E-state index contributed by atoms with van der Waals surface area (Å²) in [6.45, 7) is 3.60. The molecule has 0 amide bonds. The van der Waals surface area contributed by atoms with Crippen LogP contribution < -0.4 is 9.47 Å². The van der Waals surface area contributed by atoms with Crippen molar-refractivity contribution in [1.29, 1.82) is 10.5 Å². The Morgan fingerprint density at radius 1 is 0.816 bits per heavy atom. The van der Waals surface area contributed by atoms with Crippen molar-refractivity contribution in [3.05, 3.63) is 58.7 Å². The highest BCUT2D eigenvalue weighted by molar-refractivity contribution is 5.45. The smallest absolute Gasteiger partial charge is 0.417 e. The molecule has 0 aromatic heterocycles. The van der Waals surface area contributed by atoms with Crippen LogP contribution in [0.3, 0.4) is 0 Å². The molecule has 2 atom stereocenters. The first-order valence-corrected chi connectivity index (χ1v) is 11.5. The van der Waals surface area contributed by atoms with Gasteiger partial charge in [-0.2, -0.15) is 36.9 Å². The third-order valence-corrected chi connectivity index (χ3v) is 4.98. The molecule has 2 unspecified atom stereocenters. The fraction of sp³-hybridized carbons (Fsp3) is 0.462. The zero-order valence-electron chi connectivity index (χ0n) is 20.7. The molecule has 0 aliphatic rings. The minimum Gasteiger partial charge on any atom is -0.494 e. The molecule has 6 nitrogen and oxygen atoms in total. The summed E-state index contributed by atoms with van der Waals surface area (Å²) in [5.74, 6) is 0.133. The summed E-state index contributed by atoms with van der Waals surface area (Å²) < 4.78 is 86.7. The van der Waals surface area contributed by atoms with Crippen molar-refractivity contribution in [2.24, 2.45) is 0 Å². The Morgan fingerprint density at radius 2 is 1.32 bits per heavy atom. The van der Waals surface area contributed by atoms with E-state index in [4.69, 9.17) is 30.2 Å². The van der Waals surface area contributed by atoms with Crippen LogP contribution in [-0.2, 0) is 12.4 Å². The van der Waals surface area contributed by atoms with Crippen LogP contribution in [0, 0.1) is 22.7 Å². The van der Waals surface area contributed by atoms with Crippen LogP contribution in [-0.4, -0.2) is 35.6 Å². The summed E-state index contributed by atoms with van der Waals surface area (Å²) in [5, 5.41) is 35.0. The molecule has 0 heterocycles. The summed E-state index contributed by atoms with van der Waals surface area (Å²) >= 11 is 0. The maximum Gasteiger partial charge on any atom is 0.417 e. The van der Waals surface area contributed by atoms with E-state index in [0.29, 0.717) is 25.7 Å². The number of nitriles is 2. The predicted octanol–water partition coefficient (Wildman–Crippen LogP) is 6.23. The molecular formula is C26H28F6N2O4. The largest absolute Gasteiger partial charge is 0.494 e. The molecule has 0 spiro atoms. The lowest BCUT2D eigenvalue weighted by molar-refractivity contribution is -0.138. The van der Waals surface area contributed by atoms with Crippen LogP contribution in [0.15, 0.2) is 36.4 Å². The fourth-order valence-electron chi connectivity index (χ4n) is 3.04. The first-order valence-electron chi connectivity index (χ1n) is 11.5. The van der Waals surface area contributed by atoms with Gasteiger partial charge < -0.3 is 19.7 Å². The third kappa shape index (κ3) is 11.3. The van der Waals surface area contributed by atoms with E-state index in [9.17, 15) is 26.3 Å². The van der Waals surface area contributed by atoms with Crippen LogP contribution >= 0.6 is 0 Å². The molecule has 0 saturated carbocycles. The molecule has 2 rings (SSSR count). The Morgan fingerprint density at radius 3 is 1.76 bits per heavy atom. The standard InChI is InChI=1S/C14H16F3NO2.C12H12F3NO2/c1-9(19)3-4-10(2)20-12-6-5-11(8-18)13(7-12)14(15,16)17;13-12(14,15)11-7-10(4-3-9(11)8-16)18-6-2-1-5-17/h5-7,9-10,19H,3-4H2,1-2H3;3-4,7,17H,1-2,5-6H2. The third-order valence-electron chi connectivity index (χ3n) is 4.98. The highest BCUT2D eigenvalue weighted by Gasteiger charge is 2.35. The number of hydrogen-bond acceptors (Lipinski definition) is 6. The number of ether oxygens (including phenoxy) is 2. The SMILES string of the molecule is CC(O)CCC(C)Oc1ccc(C#N)c(C(F)(F)F)c1.N#Cc1ccc(OCCCCO)cc1C(F)(F)F. The summed E-state index contributed by atoms with van der Waals surface area (Å²) in [7, 11) is 0. The second-order valence-corrected chi connectivity index (χ2v) is 8.27. The number of unbranched alkanes of at least 4 members (excludes halogenated alkanes) is 1. The van der Waals surface area contributed by atoms with E-state index in [2.05, 4.69) is 0 Å². The molecule has 0 aliphatic heterocycles. The van der Waals surface area contributed by atoms with Crippen molar-refractivity contribution in [2.75, 3.05) is 13.2 Å². The molecule has 12 heteroatoms. The van der Waals surface area contributed by atoms with E-state index in [-0.39, 0.29) is 30.8 Å². The number of aliphatic hydroxyl groups is 2. The zero-order chi connectivity index (χ0) is 28.9. The number of benzene rings is 2. The minimum absolute atomic E-state index is 0.0184. The quantitative estimate of drug-likeness (QED) is 0.270. The van der Waals surface area contributed by atoms with Gasteiger partial charge in [0.25, 0.3) is 0 Å². The van der Waals surface area contributed by atoms with E-state index in [0.717, 1.165) is 24.3 Å². The van der Waals surface area contributed by atoms with Gasteiger partial charge in [0.05, 0.1) is 53.2 Å². The van der Waals surface area contributed by atoms with Crippen LogP contribution in [0.2, 0.25) is 0 Å². The van der Waals surface area contributed by atoms with Gasteiger partial charge in [0.2, 0.25) is 0 Å². The van der Waals surface area contributed by atoms with Crippen molar-refractivity contribution in [3.8, 4) is 23.6 Å². The van der Waals surface area contributed by atoms with Gasteiger partial charge in [-0.1, -0.05) is 0 Å². The molecule has 38 heavy (non-hydrogen) atoms. The Bertz CT molecular complexity index is 1100. The first-order chi connectivity index (χ1) is 17.7. The maximum atomic E-state index is 12.8. The number of nitrogens with zero attached hydrogens (tertiary/aromatic N) is 2. The summed E-state index contributed by atoms with van der Waals surface area (Å²) in [6.07, 6.45) is -7.85. The summed E-state index contributed by atoms with van der Waals surface area (Å²) in [5.41, 5.74) is -2.85. The average molecular weight is 547 g/mol. The van der Waals surface area contributed by atoms with Crippen molar-refractivity contribution >= 4 is 0 Å². The molecule has 2 N–H and O–H groups in total. The van der Waals surface area contributed by atoms with Crippen molar-refractivity contribution in [3.63, 3.8) is 0 Å². The number of hydrogen-bond donors (Lipinski definition) is 2. The Kier molecular flexibility index (Phi) is 12.9. The van der Waals surface area contributed by atoms with Crippen LogP contribution in [0.4, 0.5) is 26.3 Å². The first kappa shape index (κ1) is 32.5. The van der Waals surface area contributed by atoms with E-state index in [1.165, 1.54) is 24.3 Å². The highest BCUT2D eigenvalue weighted by Crippen LogP contribution is 2.35. The summed E-state index contributed by atoms with van der Waals surface area (Å²) in [4.78, 5) is 0. The van der Waals surface area contributed by atoms with Gasteiger partial charge in [0, 0.05) is 6.61 Å². The molecule has 0 fully saturated rings. The van der Waals surface area contributed by atoms with Gasteiger partial charge in [0.15, 0.2) is 0 Å². The highest BCUT2D eigenvalue weighted by atomic mass is 19.4. The number of aliphatic hydroxyl groups excluding tert-OH is 2. The lowest BCUT2D eigenvalue weighted by Gasteiger charge is -2.17.